The van der Waals surface area contributed by atoms with E-state index in [1.165, 1.54) is 12.1 Å². The lowest BCUT2D eigenvalue weighted by atomic mass is 10.1. The fourth-order valence-electron chi connectivity index (χ4n) is 1.71. The fourth-order valence-corrected chi connectivity index (χ4v) is 1.71. The number of rotatable bonds is 3. The van der Waals surface area contributed by atoms with Gasteiger partial charge in [-0.2, -0.15) is 13.2 Å². The standard InChI is InChI=1S/C14H19F3N2O/c1-9(19-13(2,3)4)12(20)18-11-7-5-10(6-8-11)14(15,16)17/h5-9,19H,1-4H3,(H,18,20)/t9-/m1/s1. The third-order valence-electron chi connectivity index (χ3n) is 2.52. The van der Waals surface area contributed by atoms with E-state index in [0.717, 1.165) is 12.1 Å². The molecule has 0 radical (unpaired) electrons. The van der Waals surface area contributed by atoms with E-state index in [4.69, 9.17) is 0 Å². The van der Waals surface area contributed by atoms with Crippen molar-refractivity contribution in [3.63, 3.8) is 0 Å². The molecule has 0 aliphatic carbocycles. The molecule has 0 fully saturated rings. The predicted molar refractivity (Wildman–Crippen MR) is 72.4 cm³/mol. The first-order valence-corrected chi connectivity index (χ1v) is 6.25. The van der Waals surface area contributed by atoms with E-state index in [1.807, 2.05) is 20.8 Å². The summed E-state index contributed by atoms with van der Waals surface area (Å²) < 4.78 is 37.2. The van der Waals surface area contributed by atoms with Crippen LogP contribution in [0.2, 0.25) is 0 Å². The van der Waals surface area contributed by atoms with Crippen LogP contribution in [-0.2, 0) is 11.0 Å². The van der Waals surface area contributed by atoms with Gasteiger partial charge in [-0.05, 0) is 52.0 Å². The first-order valence-electron chi connectivity index (χ1n) is 6.25. The fraction of sp³-hybridized carbons (Fsp3) is 0.500. The van der Waals surface area contributed by atoms with Gasteiger partial charge in [0.2, 0.25) is 5.91 Å². The Labute approximate surface area is 116 Å². The average Bonchev–Trinajstić information content (AvgIpc) is 2.26. The van der Waals surface area contributed by atoms with E-state index in [1.54, 1.807) is 6.92 Å². The smallest absolute Gasteiger partial charge is 0.325 e. The molecule has 20 heavy (non-hydrogen) atoms. The van der Waals surface area contributed by atoms with Crippen LogP contribution in [0.25, 0.3) is 0 Å². The minimum Gasteiger partial charge on any atom is -0.325 e. The highest BCUT2D eigenvalue weighted by Gasteiger charge is 2.30. The van der Waals surface area contributed by atoms with Crippen molar-refractivity contribution in [2.45, 2.75) is 45.5 Å². The Kier molecular flexibility index (Phi) is 4.81. The maximum absolute atomic E-state index is 12.4. The number of amides is 1. The first kappa shape index (κ1) is 16.5. The van der Waals surface area contributed by atoms with Crippen LogP contribution >= 0.6 is 0 Å². The zero-order valence-electron chi connectivity index (χ0n) is 11.9. The van der Waals surface area contributed by atoms with Gasteiger partial charge in [-0.25, -0.2) is 0 Å². The summed E-state index contributed by atoms with van der Waals surface area (Å²) in [6, 6.07) is 3.92. The lowest BCUT2D eigenvalue weighted by Gasteiger charge is -2.25. The Balaban J connectivity index is 2.67. The molecule has 1 aromatic rings. The molecule has 0 aliphatic heterocycles. The highest BCUT2D eigenvalue weighted by Crippen LogP contribution is 2.29. The van der Waals surface area contributed by atoms with Crippen LogP contribution in [-0.4, -0.2) is 17.5 Å². The van der Waals surface area contributed by atoms with Crippen LogP contribution in [0.5, 0.6) is 0 Å². The molecule has 112 valence electrons. The van der Waals surface area contributed by atoms with E-state index in [0.29, 0.717) is 5.69 Å². The molecule has 3 nitrogen and oxygen atoms in total. The van der Waals surface area contributed by atoms with Gasteiger partial charge in [0.05, 0.1) is 11.6 Å². The number of alkyl halides is 3. The molecule has 0 aromatic heterocycles. The van der Waals surface area contributed by atoms with Crippen molar-refractivity contribution in [2.75, 3.05) is 5.32 Å². The second-order valence-electron chi connectivity index (χ2n) is 5.68. The number of carbonyl (C=O) groups is 1. The minimum absolute atomic E-state index is 0.225. The largest absolute Gasteiger partial charge is 0.416 e. The zero-order chi connectivity index (χ0) is 15.6. The Morgan fingerprint density at radius 1 is 1.10 bits per heavy atom. The molecule has 2 N–H and O–H groups in total. The van der Waals surface area contributed by atoms with Crippen molar-refractivity contribution in [3.05, 3.63) is 29.8 Å². The molecule has 1 atom stereocenters. The number of nitrogens with one attached hydrogen (secondary N) is 2. The van der Waals surface area contributed by atoms with Crippen molar-refractivity contribution in [1.82, 2.24) is 5.32 Å². The van der Waals surface area contributed by atoms with Gasteiger partial charge in [-0.3, -0.25) is 4.79 Å². The summed E-state index contributed by atoms with van der Waals surface area (Å²) >= 11 is 0. The molecule has 6 heteroatoms. The van der Waals surface area contributed by atoms with Gasteiger partial charge in [0.1, 0.15) is 0 Å². The number of benzene rings is 1. The van der Waals surface area contributed by atoms with Crippen LogP contribution in [0, 0.1) is 0 Å². The topological polar surface area (TPSA) is 41.1 Å². The number of hydrogen-bond acceptors (Lipinski definition) is 2. The zero-order valence-corrected chi connectivity index (χ0v) is 11.9. The van der Waals surface area contributed by atoms with Gasteiger partial charge in [0.15, 0.2) is 0 Å². The normalized spacial score (nSPS) is 13.9. The Morgan fingerprint density at radius 3 is 2.00 bits per heavy atom. The quantitative estimate of drug-likeness (QED) is 0.894. The van der Waals surface area contributed by atoms with Crippen LogP contribution in [0.15, 0.2) is 24.3 Å². The average molecular weight is 288 g/mol. The predicted octanol–water partition coefficient (Wildman–Crippen LogP) is 3.42. The lowest BCUT2D eigenvalue weighted by Crippen LogP contribution is -2.47. The Hall–Kier alpha value is -1.56. The second kappa shape index (κ2) is 5.83. The van der Waals surface area contributed by atoms with Gasteiger partial charge in [0, 0.05) is 11.2 Å². The number of carbonyl (C=O) groups excluding carboxylic acids is 1. The van der Waals surface area contributed by atoms with Crippen LogP contribution in [0.1, 0.15) is 33.3 Å². The van der Waals surface area contributed by atoms with Crippen LogP contribution in [0.3, 0.4) is 0 Å². The lowest BCUT2D eigenvalue weighted by molar-refractivity contribution is -0.137. The van der Waals surface area contributed by atoms with Gasteiger partial charge in [0.25, 0.3) is 0 Å². The van der Waals surface area contributed by atoms with Crippen molar-refractivity contribution in [1.29, 1.82) is 0 Å². The van der Waals surface area contributed by atoms with E-state index < -0.39 is 17.8 Å². The molecule has 0 bridgehead atoms. The molecule has 0 aliphatic rings. The summed E-state index contributed by atoms with van der Waals surface area (Å²) in [7, 11) is 0. The van der Waals surface area contributed by atoms with Gasteiger partial charge >= 0.3 is 6.18 Å². The van der Waals surface area contributed by atoms with E-state index in [-0.39, 0.29) is 11.4 Å². The molecule has 0 saturated heterocycles. The summed E-state index contributed by atoms with van der Waals surface area (Å²) in [5.74, 6) is -0.292. The van der Waals surface area contributed by atoms with E-state index in [2.05, 4.69) is 10.6 Å². The molecule has 0 unspecified atom stereocenters. The molecular weight excluding hydrogens is 269 g/mol. The van der Waals surface area contributed by atoms with Gasteiger partial charge in [-0.15, -0.1) is 0 Å². The number of anilines is 1. The summed E-state index contributed by atoms with van der Waals surface area (Å²) in [6.07, 6.45) is -4.37. The van der Waals surface area contributed by atoms with Crippen LogP contribution < -0.4 is 10.6 Å². The summed E-state index contributed by atoms with van der Waals surface area (Å²) in [5.41, 5.74) is -0.626. The van der Waals surface area contributed by atoms with Crippen molar-refractivity contribution in [3.8, 4) is 0 Å². The van der Waals surface area contributed by atoms with Gasteiger partial charge in [-0.1, -0.05) is 0 Å². The molecular formula is C14H19F3N2O. The molecule has 1 amide bonds. The molecule has 1 aromatic carbocycles. The molecule has 0 saturated carbocycles. The third-order valence-corrected chi connectivity index (χ3v) is 2.52. The van der Waals surface area contributed by atoms with Crippen LogP contribution in [0.4, 0.5) is 18.9 Å². The maximum atomic E-state index is 12.4. The number of halogens is 3. The summed E-state index contributed by atoms with van der Waals surface area (Å²) in [4.78, 5) is 11.9. The van der Waals surface area contributed by atoms with Gasteiger partial charge < -0.3 is 10.6 Å². The second-order valence-corrected chi connectivity index (χ2v) is 5.68. The SMILES string of the molecule is C[C@@H](NC(C)(C)C)C(=O)Nc1ccc(C(F)(F)F)cc1. The monoisotopic (exact) mass is 288 g/mol. The van der Waals surface area contributed by atoms with E-state index >= 15 is 0 Å². The van der Waals surface area contributed by atoms with E-state index in [9.17, 15) is 18.0 Å². The summed E-state index contributed by atoms with van der Waals surface area (Å²) in [5, 5.41) is 5.66. The molecule has 1 rings (SSSR count). The molecule has 0 spiro atoms. The third kappa shape index (κ3) is 5.21. The van der Waals surface area contributed by atoms with Crippen molar-refractivity contribution in [2.24, 2.45) is 0 Å². The summed E-state index contributed by atoms with van der Waals surface area (Å²) in [6.45, 7) is 7.48. The maximum Gasteiger partial charge on any atom is 0.416 e. The Bertz CT molecular complexity index is 461. The first-order chi connectivity index (χ1) is 8.99. The Morgan fingerprint density at radius 2 is 1.60 bits per heavy atom. The van der Waals surface area contributed by atoms with Crippen molar-refractivity contribution >= 4 is 11.6 Å². The number of hydrogen-bond donors (Lipinski definition) is 2. The highest BCUT2D eigenvalue weighted by atomic mass is 19.4. The minimum atomic E-state index is -4.37. The highest BCUT2D eigenvalue weighted by molar-refractivity contribution is 5.94. The van der Waals surface area contributed by atoms with Crippen molar-refractivity contribution < 1.29 is 18.0 Å². The molecule has 0 heterocycles.